The highest BCUT2D eigenvalue weighted by Gasteiger charge is 2.26. The van der Waals surface area contributed by atoms with Crippen LogP contribution in [0.1, 0.15) is 32.9 Å². The zero-order valence-electron chi connectivity index (χ0n) is 10.3. The summed E-state index contributed by atoms with van der Waals surface area (Å²) in [5, 5.41) is 3.22. The molecule has 0 aliphatic rings. The Hall–Kier alpha value is -1.04. The van der Waals surface area contributed by atoms with Crippen molar-refractivity contribution in [2.45, 2.75) is 52.0 Å². The van der Waals surface area contributed by atoms with Gasteiger partial charge in [-0.1, -0.05) is 0 Å². The Bertz CT molecular complexity index is 317. The molecule has 0 bridgehead atoms. The Morgan fingerprint density at radius 3 is 2.47 bits per heavy atom. The van der Waals surface area contributed by atoms with Gasteiger partial charge in [0.05, 0.1) is 18.4 Å². The molecule has 0 spiro atoms. The van der Waals surface area contributed by atoms with Gasteiger partial charge in [-0.2, -0.15) is 13.2 Å². The van der Waals surface area contributed by atoms with Crippen LogP contribution in [0.4, 0.5) is 13.2 Å². The van der Waals surface area contributed by atoms with Crippen molar-refractivity contribution >= 4 is 0 Å². The van der Waals surface area contributed by atoms with Crippen LogP contribution in [-0.4, -0.2) is 21.3 Å². The van der Waals surface area contributed by atoms with Crippen molar-refractivity contribution in [3.8, 4) is 0 Å². The molecule has 1 N–H and O–H groups in total. The maximum Gasteiger partial charge on any atom is 0.390 e. The quantitative estimate of drug-likeness (QED) is 0.889. The zero-order chi connectivity index (χ0) is 13.1. The molecule has 1 heterocycles. The van der Waals surface area contributed by atoms with Crippen molar-refractivity contribution in [3.63, 3.8) is 0 Å². The Morgan fingerprint density at radius 1 is 1.29 bits per heavy atom. The third-order valence-electron chi connectivity index (χ3n) is 2.23. The summed E-state index contributed by atoms with van der Waals surface area (Å²) < 4.78 is 37.8. The molecule has 0 radical (unpaired) electrons. The van der Waals surface area contributed by atoms with E-state index >= 15 is 0 Å². The van der Waals surface area contributed by atoms with Gasteiger partial charge in [-0.25, -0.2) is 4.98 Å². The molecule has 0 fully saturated rings. The van der Waals surface area contributed by atoms with Gasteiger partial charge in [0.15, 0.2) is 0 Å². The first-order valence-corrected chi connectivity index (χ1v) is 5.48. The van der Waals surface area contributed by atoms with Gasteiger partial charge < -0.3 is 9.88 Å². The average molecular weight is 249 g/mol. The summed E-state index contributed by atoms with van der Waals surface area (Å²) in [5.41, 5.74) is 0.697. The summed E-state index contributed by atoms with van der Waals surface area (Å²) in [6, 6.07) is 0. The largest absolute Gasteiger partial charge is 0.390 e. The Kier molecular flexibility index (Phi) is 4.19. The van der Waals surface area contributed by atoms with Crippen molar-refractivity contribution in [2.75, 3.05) is 0 Å². The molecule has 0 saturated heterocycles. The lowest BCUT2D eigenvalue weighted by atomic mass is 10.1. The molecule has 3 nitrogen and oxygen atoms in total. The third kappa shape index (κ3) is 5.72. The van der Waals surface area contributed by atoms with Crippen LogP contribution in [0.15, 0.2) is 12.5 Å². The number of rotatable bonds is 4. The van der Waals surface area contributed by atoms with Crippen molar-refractivity contribution in [2.24, 2.45) is 0 Å². The molecule has 98 valence electrons. The van der Waals surface area contributed by atoms with Gasteiger partial charge in [0.1, 0.15) is 0 Å². The number of imidazole rings is 1. The van der Waals surface area contributed by atoms with Crippen LogP contribution in [0.3, 0.4) is 0 Å². The second kappa shape index (κ2) is 5.08. The number of nitrogens with zero attached hydrogens (tertiary/aromatic N) is 2. The Labute approximate surface area is 99.0 Å². The van der Waals surface area contributed by atoms with Crippen molar-refractivity contribution in [1.82, 2.24) is 14.9 Å². The van der Waals surface area contributed by atoms with E-state index in [1.165, 1.54) is 10.9 Å². The van der Waals surface area contributed by atoms with Crippen molar-refractivity contribution in [1.29, 1.82) is 0 Å². The molecule has 17 heavy (non-hydrogen) atoms. The van der Waals surface area contributed by atoms with Crippen LogP contribution >= 0.6 is 0 Å². The molecular formula is C11H18F3N3. The van der Waals surface area contributed by atoms with Gasteiger partial charge in [-0.3, -0.25) is 0 Å². The lowest BCUT2D eigenvalue weighted by Crippen LogP contribution is -2.35. The molecule has 1 aromatic heterocycles. The Balaban J connectivity index is 2.54. The fourth-order valence-corrected chi connectivity index (χ4v) is 1.30. The summed E-state index contributed by atoms with van der Waals surface area (Å²) in [5.74, 6) is 0. The molecule has 0 aliphatic heterocycles. The molecule has 1 rings (SSSR count). The predicted molar refractivity (Wildman–Crippen MR) is 59.5 cm³/mol. The van der Waals surface area contributed by atoms with E-state index in [0.29, 0.717) is 6.54 Å². The molecule has 0 unspecified atom stereocenters. The third-order valence-corrected chi connectivity index (χ3v) is 2.23. The summed E-state index contributed by atoms with van der Waals surface area (Å²) in [4.78, 5) is 3.88. The van der Waals surface area contributed by atoms with E-state index in [1.54, 1.807) is 6.20 Å². The maximum absolute atomic E-state index is 12.1. The van der Waals surface area contributed by atoms with E-state index in [9.17, 15) is 13.2 Å². The van der Waals surface area contributed by atoms with E-state index in [-0.39, 0.29) is 12.1 Å². The number of aryl methyl sites for hydroxylation is 1. The number of alkyl halides is 3. The normalized spacial score (nSPS) is 13.1. The first kappa shape index (κ1) is 14.0. The molecule has 0 amide bonds. The number of hydrogen-bond donors (Lipinski definition) is 1. The first-order valence-electron chi connectivity index (χ1n) is 5.48. The van der Waals surface area contributed by atoms with Crippen LogP contribution in [0, 0.1) is 0 Å². The van der Waals surface area contributed by atoms with Crippen molar-refractivity contribution < 1.29 is 13.2 Å². The second-order valence-corrected chi connectivity index (χ2v) is 5.05. The van der Waals surface area contributed by atoms with Crippen LogP contribution in [-0.2, 0) is 13.1 Å². The highest BCUT2D eigenvalue weighted by Crippen LogP contribution is 2.20. The van der Waals surface area contributed by atoms with Gasteiger partial charge in [-0.15, -0.1) is 0 Å². The zero-order valence-corrected chi connectivity index (χ0v) is 10.3. The van der Waals surface area contributed by atoms with E-state index in [2.05, 4.69) is 10.3 Å². The van der Waals surface area contributed by atoms with Gasteiger partial charge in [0, 0.05) is 24.8 Å². The number of halogens is 3. The second-order valence-electron chi connectivity index (χ2n) is 5.05. The molecule has 0 aromatic carbocycles. The number of nitrogens with one attached hydrogen (secondary N) is 1. The first-order chi connectivity index (χ1) is 7.67. The lowest BCUT2D eigenvalue weighted by Gasteiger charge is -2.21. The summed E-state index contributed by atoms with van der Waals surface area (Å²) in [7, 11) is 0. The smallest absolute Gasteiger partial charge is 0.333 e. The minimum atomic E-state index is -4.13. The van der Waals surface area contributed by atoms with E-state index in [0.717, 1.165) is 5.69 Å². The van der Waals surface area contributed by atoms with Crippen LogP contribution in [0.5, 0.6) is 0 Å². The van der Waals surface area contributed by atoms with E-state index in [1.807, 2.05) is 20.8 Å². The van der Waals surface area contributed by atoms with Crippen LogP contribution in [0.2, 0.25) is 0 Å². The highest BCUT2D eigenvalue weighted by molar-refractivity contribution is 4.98. The SMILES string of the molecule is CC(C)(C)NCc1cncn1CCC(F)(F)F. The van der Waals surface area contributed by atoms with E-state index < -0.39 is 12.6 Å². The van der Waals surface area contributed by atoms with Gasteiger partial charge in [-0.05, 0) is 20.8 Å². The standard InChI is InChI=1S/C11H18F3N3/c1-10(2,3)16-7-9-6-15-8-17(9)5-4-11(12,13)14/h6,8,16H,4-5,7H2,1-3H3. The number of aromatic nitrogens is 2. The molecule has 0 atom stereocenters. The molecular weight excluding hydrogens is 231 g/mol. The van der Waals surface area contributed by atoms with Crippen molar-refractivity contribution in [3.05, 3.63) is 18.2 Å². The maximum atomic E-state index is 12.1. The minimum absolute atomic E-state index is 0.0703. The molecule has 6 heteroatoms. The Morgan fingerprint density at radius 2 is 1.94 bits per heavy atom. The predicted octanol–water partition coefficient (Wildman–Crippen LogP) is 2.72. The summed E-state index contributed by atoms with van der Waals surface area (Å²) in [6.07, 6.45) is -1.93. The van der Waals surface area contributed by atoms with Gasteiger partial charge in [0.2, 0.25) is 0 Å². The fourth-order valence-electron chi connectivity index (χ4n) is 1.30. The lowest BCUT2D eigenvalue weighted by molar-refractivity contribution is -0.136. The monoisotopic (exact) mass is 249 g/mol. The summed E-state index contributed by atoms with van der Waals surface area (Å²) in [6.45, 7) is 6.45. The summed E-state index contributed by atoms with van der Waals surface area (Å²) >= 11 is 0. The van der Waals surface area contributed by atoms with E-state index in [4.69, 9.17) is 0 Å². The van der Waals surface area contributed by atoms with Crippen LogP contribution in [0.25, 0.3) is 0 Å². The fraction of sp³-hybridized carbons (Fsp3) is 0.727. The van der Waals surface area contributed by atoms with Gasteiger partial charge >= 0.3 is 6.18 Å². The number of hydrogen-bond acceptors (Lipinski definition) is 2. The van der Waals surface area contributed by atoms with Gasteiger partial charge in [0.25, 0.3) is 0 Å². The van der Waals surface area contributed by atoms with Crippen LogP contribution < -0.4 is 5.32 Å². The highest BCUT2D eigenvalue weighted by atomic mass is 19.4. The topological polar surface area (TPSA) is 29.9 Å². The minimum Gasteiger partial charge on any atom is -0.333 e. The molecule has 1 aromatic rings. The molecule has 0 saturated carbocycles. The average Bonchev–Trinajstić information content (AvgIpc) is 2.56. The molecule has 0 aliphatic carbocycles.